The first-order valence-corrected chi connectivity index (χ1v) is 5.50. The Balaban J connectivity index is 3.00. The molecule has 0 saturated carbocycles. The van der Waals surface area contributed by atoms with Gasteiger partial charge in [-0.2, -0.15) is 0 Å². The number of aliphatic carboxylic acids is 1. The lowest BCUT2D eigenvalue weighted by atomic mass is 9.91. The second-order valence-electron chi connectivity index (χ2n) is 4.14. The van der Waals surface area contributed by atoms with Crippen LogP contribution in [0.3, 0.4) is 0 Å². The van der Waals surface area contributed by atoms with Gasteiger partial charge in [0, 0.05) is 0 Å². The van der Waals surface area contributed by atoms with Gasteiger partial charge in [0.15, 0.2) is 0 Å². The molecule has 2 N–H and O–H groups in total. The average molecular weight is 221 g/mol. The molecule has 1 rings (SSSR count). The van der Waals surface area contributed by atoms with Crippen LogP contribution in [-0.4, -0.2) is 24.7 Å². The number of benzene rings is 1. The minimum atomic E-state index is -0.746. The lowest BCUT2D eigenvalue weighted by Gasteiger charge is -2.15. The van der Waals surface area contributed by atoms with E-state index in [9.17, 15) is 9.90 Å². The third-order valence-electron chi connectivity index (χ3n) is 2.79. The molecule has 88 valence electrons. The first kappa shape index (κ1) is 12.7. The number of hydrogen-bond acceptors (Lipinski definition) is 2. The minimum absolute atomic E-state index is 0.410. The molecule has 0 bridgehead atoms. The van der Waals surface area contributed by atoms with Crippen LogP contribution in [0.25, 0.3) is 0 Å². The topological polar surface area (TPSA) is 49.3 Å². The normalized spacial score (nSPS) is 12.4. The SMILES string of the molecule is CNCCC(C(=O)O)c1cc(C)ccc1C. The van der Waals surface area contributed by atoms with Crippen LogP contribution in [0.1, 0.15) is 29.0 Å². The summed E-state index contributed by atoms with van der Waals surface area (Å²) in [5.41, 5.74) is 3.09. The summed E-state index contributed by atoms with van der Waals surface area (Å²) in [6.45, 7) is 4.66. The summed E-state index contributed by atoms with van der Waals surface area (Å²) in [7, 11) is 1.84. The Hall–Kier alpha value is -1.35. The van der Waals surface area contributed by atoms with Crippen LogP contribution in [0.2, 0.25) is 0 Å². The molecule has 3 nitrogen and oxygen atoms in total. The Bertz CT molecular complexity index is 374. The van der Waals surface area contributed by atoms with E-state index in [-0.39, 0.29) is 0 Å². The highest BCUT2D eigenvalue weighted by Gasteiger charge is 2.20. The number of carboxylic acid groups (broad SMARTS) is 1. The Morgan fingerprint density at radius 3 is 2.69 bits per heavy atom. The van der Waals surface area contributed by atoms with Crippen molar-refractivity contribution in [3.8, 4) is 0 Å². The van der Waals surface area contributed by atoms with Crippen molar-refractivity contribution < 1.29 is 9.90 Å². The zero-order chi connectivity index (χ0) is 12.1. The van der Waals surface area contributed by atoms with E-state index in [0.29, 0.717) is 13.0 Å². The molecule has 1 unspecified atom stereocenters. The van der Waals surface area contributed by atoms with Crippen molar-refractivity contribution >= 4 is 5.97 Å². The van der Waals surface area contributed by atoms with Crippen LogP contribution in [-0.2, 0) is 4.79 Å². The van der Waals surface area contributed by atoms with E-state index in [1.54, 1.807) is 0 Å². The van der Waals surface area contributed by atoms with E-state index < -0.39 is 11.9 Å². The Kier molecular flexibility index (Phi) is 4.50. The molecular weight excluding hydrogens is 202 g/mol. The number of nitrogens with one attached hydrogen (secondary N) is 1. The molecule has 0 heterocycles. The molecule has 0 amide bonds. The van der Waals surface area contributed by atoms with Gasteiger partial charge in [0.1, 0.15) is 0 Å². The molecule has 16 heavy (non-hydrogen) atoms. The molecule has 0 aliphatic carbocycles. The summed E-state index contributed by atoms with van der Waals surface area (Å²) in [4.78, 5) is 11.2. The molecule has 0 aliphatic heterocycles. The van der Waals surface area contributed by atoms with Gasteiger partial charge in [0.05, 0.1) is 5.92 Å². The lowest BCUT2D eigenvalue weighted by Crippen LogP contribution is -2.19. The number of hydrogen-bond donors (Lipinski definition) is 2. The van der Waals surface area contributed by atoms with Crippen molar-refractivity contribution in [2.75, 3.05) is 13.6 Å². The van der Waals surface area contributed by atoms with E-state index in [1.807, 2.05) is 39.1 Å². The second-order valence-corrected chi connectivity index (χ2v) is 4.14. The largest absolute Gasteiger partial charge is 0.481 e. The third kappa shape index (κ3) is 3.07. The van der Waals surface area contributed by atoms with Gasteiger partial charge in [-0.1, -0.05) is 23.8 Å². The summed E-state index contributed by atoms with van der Waals surface area (Å²) in [5, 5.41) is 12.2. The molecule has 1 aromatic carbocycles. The lowest BCUT2D eigenvalue weighted by molar-refractivity contribution is -0.138. The molecule has 0 spiro atoms. The summed E-state index contributed by atoms with van der Waals surface area (Å²) in [6, 6.07) is 5.97. The van der Waals surface area contributed by atoms with E-state index in [0.717, 1.165) is 16.7 Å². The van der Waals surface area contributed by atoms with Crippen molar-refractivity contribution in [3.05, 3.63) is 34.9 Å². The molecule has 0 aromatic heterocycles. The van der Waals surface area contributed by atoms with Crippen LogP contribution in [0.4, 0.5) is 0 Å². The average Bonchev–Trinajstić information content (AvgIpc) is 2.23. The number of rotatable bonds is 5. The quantitative estimate of drug-likeness (QED) is 0.800. The van der Waals surface area contributed by atoms with Gasteiger partial charge in [0.25, 0.3) is 0 Å². The number of carbonyl (C=O) groups is 1. The molecular formula is C13H19NO2. The highest BCUT2D eigenvalue weighted by atomic mass is 16.4. The molecule has 1 atom stereocenters. The first-order chi connectivity index (χ1) is 7.56. The summed E-state index contributed by atoms with van der Waals surface area (Å²) >= 11 is 0. The highest BCUT2D eigenvalue weighted by Crippen LogP contribution is 2.24. The number of aryl methyl sites for hydroxylation is 2. The van der Waals surface area contributed by atoms with Crippen LogP contribution >= 0.6 is 0 Å². The van der Waals surface area contributed by atoms with Gasteiger partial charge in [-0.3, -0.25) is 4.79 Å². The fourth-order valence-electron chi connectivity index (χ4n) is 1.84. The Morgan fingerprint density at radius 2 is 2.12 bits per heavy atom. The molecule has 0 radical (unpaired) electrons. The van der Waals surface area contributed by atoms with Crippen LogP contribution < -0.4 is 5.32 Å². The molecule has 0 fully saturated rings. The molecule has 0 saturated heterocycles. The zero-order valence-electron chi connectivity index (χ0n) is 10.1. The maximum absolute atomic E-state index is 11.2. The zero-order valence-corrected chi connectivity index (χ0v) is 10.1. The van der Waals surface area contributed by atoms with Crippen LogP contribution in [0.5, 0.6) is 0 Å². The van der Waals surface area contributed by atoms with Gasteiger partial charge < -0.3 is 10.4 Å². The standard InChI is InChI=1S/C13H19NO2/c1-9-4-5-10(2)12(8-9)11(13(15)16)6-7-14-3/h4-5,8,11,14H,6-7H2,1-3H3,(H,15,16). The summed E-state index contributed by atoms with van der Waals surface area (Å²) in [5.74, 6) is -1.16. The number of carboxylic acids is 1. The van der Waals surface area contributed by atoms with Gasteiger partial charge in [-0.15, -0.1) is 0 Å². The fraction of sp³-hybridized carbons (Fsp3) is 0.462. The van der Waals surface area contributed by atoms with E-state index in [1.165, 1.54) is 0 Å². The Labute approximate surface area is 96.5 Å². The molecule has 1 aromatic rings. The second kappa shape index (κ2) is 5.66. The highest BCUT2D eigenvalue weighted by molar-refractivity contribution is 5.76. The van der Waals surface area contributed by atoms with E-state index in [4.69, 9.17) is 0 Å². The Morgan fingerprint density at radius 1 is 1.44 bits per heavy atom. The molecule has 3 heteroatoms. The summed E-state index contributed by atoms with van der Waals surface area (Å²) in [6.07, 6.45) is 0.621. The van der Waals surface area contributed by atoms with Gasteiger partial charge in [-0.25, -0.2) is 0 Å². The predicted octanol–water partition coefficient (Wildman–Crippen LogP) is 2.08. The van der Waals surface area contributed by atoms with Gasteiger partial charge in [-0.05, 0) is 45.0 Å². The maximum Gasteiger partial charge on any atom is 0.311 e. The fourth-order valence-corrected chi connectivity index (χ4v) is 1.84. The van der Waals surface area contributed by atoms with E-state index >= 15 is 0 Å². The van der Waals surface area contributed by atoms with Crippen LogP contribution in [0, 0.1) is 13.8 Å². The minimum Gasteiger partial charge on any atom is -0.481 e. The van der Waals surface area contributed by atoms with Crippen molar-refractivity contribution in [3.63, 3.8) is 0 Å². The third-order valence-corrected chi connectivity index (χ3v) is 2.79. The molecule has 0 aliphatic rings. The monoisotopic (exact) mass is 221 g/mol. The summed E-state index contributed by atoms with van der Waals surface area (Å²) < 4.78 is 0. The predicted molar refractivity (Wildman–Crippen MR) is 64.8 cm³/mol. The first-order valence-electron chi connectivity index (χ1n) is 5.50. The van der Waals surface area contributed by atoms with Gasteiger partial charge in [0.2, 0.25) is 0 Å². The van der Waals surface area contributed by atoms with Crippen molar-refractivity contribution in [1.29, 1.82) is 0 Å². The van der Waals surface area contributed by atoms with Crippen LogP contribution in [0.15, 0.2) is 18.2 Å². The maximum atomic E-state index is 11.2. The smallest absolute Gasteiger partial charge is 0.311 e. The van der Waals surface area contributed by atoms with Crippen molar-refractivity contribution in [2.24, 2.45) is 0 Å². The van der Waals surface area contributed by atoms with E-state index in [2.05, 4.69) is 5.32 Å². The van der Waals surface area contributed by atoms with Crippen molar-refractivity contribution in [2.45, 2.75) is 26.2 Å². The van der Waals surface area contributed by atoms with Crippen molar-refractivity contribution in [1.82, 2.24) is 5.32 Å². The van der Waals surface area contributed by atoms with Gasteiger partial charge >= 0.3 is 5.97 Å².